The van der Waals surface area contributed by atoms with E-state index in [-0.39, 0.29) is 11.8 Å². The van der Waals surface area contributed by atoms with Crippen molar-refractivity contribution >= 4 is 39.6 Å². The molecule has 1 atom stereocenters. The van der Waals surface area contributed by atoms with E-state index >= 15 is 0 Å². The first kappa shape index (κ1) is 17.0. The standard InChI is InChI=1S/C14H18BrNO3S/c1-9(2)13(14(18)19)16-12(17)7-8-20-11-6-4-3-5-10(11)15/h3-6,9,13H,7-8H2,1-2H3,(H,16,17)(H,18,19)/t13-/m1/s1. The molecule has 0 aliphatic rings. The van der Waals surface area contributed by atoms with Gasteiger partial charge in [-0.2, -0.15) is 0 Å². The summed E-state index contributed by atoms with van der Waals surface area (Å²) in [7, 11) is 0. The molecule has 0 fully saturated rings. The van der Waals surface area contributed by atoms with Gasteiger partial charge >= 0.3 is 5.97 Å². The predicted octanol–water partition coefficient (Wildman–Crippen LogP) is 3.16. The molecule has 0 spiro atoms. The lowest BCUT2D eigenvalue weighted by molar-refractivity contribution is -0.143. The van der Waals surface area contributed by atoms with Crippen LogP contribution in [0.15, 0.2) is 33.6 Å². The molecule has 0 bridgehead atoms. The van der Waals surface area contributed by atoms with Crippen LogP contribution < -0.4 is 5.32 Å². The van der Waals surface area contributed by atoms with E-state index in [9.17, 15) is 9.59 Å². The zero-order valence-corrected chi connectivity index (χ0v) is 13.8. The lowest BCUT2D eigenvalue weighted by Gasteiger charge is -2.17. The number of rotatable bonds is 7. The number of nitrogens with one attached hydrogen (secondary N) is 1. The van der Waals surface area contributed by atoms with Crippen molar-refractivity contribution in [3.8, 4) is 0 Å². The van der Waals surface area contributed by atoms with Crippen LogP contribution in [-0.2, 0) is 9.59 Å². The number of carbonyl (C=O) groups is 2. The molecule has 1 amide bonds. The highest BCUT2D eigenvalue weighted by Crippen LogP contribution is 2.27. The fourth-order valence-corrected chi connectivity index (χ4v) is 3.09. The molecule has 6 heteroatoms. The largest absolute Gasteiger partial charge is 0.480 e. The third-order valence-electron chi connectivity index (χ3n) is 2.67. The van der Waals surface area contributed by atoms with Crippen molar-refractivity contribution < 1.29 is 14.7 Å². The minimum absolute atomic E-state index is 0.132. The topological polar surface area (TPSA) is 66.4 Å². The van der Waals surface area contributed by atoms with Crippen molar-refractivity contribution in [2.75, 3.05) is 5.75 Å². The second-order valence-electron chi connectivity index (χ2n) is 4.66. The van der Waals surface area contributed by atoms with Crippen molar-refractivity contribution in [1.82, 2.24) is 5.32 Å². The average Bonchev–Trinajstić information content (AvgIpc) is 2.37. The Hall–Kier alpha value is -1.01. The summed E-state index contributed by atoms with van der Waals surface area (Å²) < 4.78 is 0.996. The van der Waals surface area contributed by atoms with Gasteiger partial charge in [0.2, 0.25) is 5.91 Å². The molecule has 1 aromatic carbocycles. The lowest BCUT2D eigenvalue weighted by Crippen LogP contribution is -2.44. The predicted molar refractivity (Wildman–Crippen MR) is 83.9 cm³/mol. The van der Waals surface area contributed by atoms with Crippen LogP contribution in [-0.4, -0.2) is 28.8 Å². The van der Waals surface area contributed by atoms with Crippen LogP contribution in [0.5, 0.6) is 0 Å². The van der Waals surface area contributed by atoms with Gasteiger partial charge in [-0.3, -0.25) is 4.79 Å². The van der Waals surface area contributed by atoms with Crippen LogP contribution in [0, 0.1) is 5.92 Å². The first-order chi connectivity index (χ1) is 9.41. The molecule has 20 heavy (non-hydrogen) atoms. The molecule has 1 rings (SSSR count). The Morgan fingerprint density at radius 2 is 2.00 bits per heavy atom. The molecule has 0 aliphatic heterocycles. The zero-order valence-electron chi connectivity index (χ0n) is 11.4. The summed E-state index contributed by atoms with van der Waals surface area (Å²) >= 11 is 5.01. The van der Waals surface area contributed by atoms with Gasteiger partial charge in [0.25, 0.3) is 0 Å². The Morgan fingerprint density at radius 1 is 1.35 bits per heavy atom. The summed E-state index contributed by atoms with van der Waals surface area (Å²) in [6.45, 7) is 3.55. The molecule has 0 unspecified atom stereocenters. The Labute approximate surface area is 131 Å². The molecule has 2 N–H and O–H groups in total. The number of hydrogen-bond donors (Lipinski definition) is 2. The first-order valence-corrected chi connectivity index (χ1v) is 8.09. The summed E-state index contributed by atoms with van der Waals surface area (Å²) in [5.74, 6) is -0.747. The Morgan fingerprint density at radius 3 is 2.55 bits per heavy atom. The van der Waals surface area contributed by atoms with Gasteiger partial charge in [0, 0.05) is 21.5 Å². The third kappa shape index (κ3) is 5.54. The molecule has 4 nitrogen and oxygen atoms in total. The zero-order chi connectivity index (χ0) is 15.1. The summed E-state index contributed by atoms with van der Waals surface area (Å²) in [6, 6.07) is 6.96. The lowest BCUT2D eigenvalue weighted by atomic mass is 10.0. The summed E-state index contributed by atoms with van der Waals surface area (Å²) in [4.78, 5) is 23.8. The van der Waals surface area contributed by atoms with Gasteiger partial charge in [0.1, 0.15) is 6.04 Å². The van der Waals surface area contributed by atoms with Crippen molar-refractivity contribution in [1.29, 1.82) is 0 Å². The van der Waals surface area contributed by atoms with E-state index in [0.29, 0.717) is 12.2 Å². The Balaban J connectivity index is 2.40. The number of carboxylic acids is 1. The maximum atomic E-state index is 11.7. The fourth-order valence-electron chi connectivity index (χ4n) is 1.57. The van der Waals surface area contributed by atoms with Crippen LogP contribution in [0.1, 0.15) is 20.3 Å². The number of carboxylic acid groups (broad SMARTS) is 1. The van der Waals surface area contributed by atoms with Gasteiger partial charge in [-0.15, -0.1) is 11.8 Å². The maximum Gasteiger partial charge on any atom is 0.326 e. The molecule has 0 radical (unpaired) electrons. The van der Waals surface area contributed by atoms with Gasteiger partial charge < -0.3 is 10.4 Å². The molecule has 110 valence electrons. The third-order valence-corrected chi connectivity index (χ3v) is 4.70. The minimum Gasteiger partial charge on any atom is -0.480 e. The van der Waals surface area contributed by atoms with Crippen molar-refractivity contribution in [3.05, 3.63) is 28.7 Å². The van der Waals surface area contributed by atoms with Crippen LogP contribution in [0.2, 0.25) is 0 Å². The van der Waals surface area contributed by atoms with Gasteiger partial charge in [0.05, 0.1) is 0 Å². The van der Waals surface area contributed by atoms with Crippen molar-refractivity contribution in [3.63, 3.8) is 0 Å². The highest BCUT2D eigenvalue weighted by molar-refractivity contribution is 9.10. The van der Waals surface area contributed by atoms with E-state index in [1.807, 2.05) is 24.3 Å². The smallest absolute Gasteiger partial charge is 0.326 e. The summed E-state index contributed by atoms with van der Waals surface area (Å²) in [6.07, 6.45) is 0.294. The molecule has 0 saturated heterocycles. The van der Waals surface area contributed by atoms with E-state index in [1.54, 1.807) is 25.6 Å². The van der Waals surface area contributed by atoms with Gasteiger partial charge in [0.15, 0.2) is 0 Å². The quantitative estimate of drug-likeness (QED) is 0.733. The number of halogens is 1. The van der Waals surface area contributed by atoms with E-state index < -0.39 is 12.0 Å². The maximum absolute atomic E-state index is 11.7. The first-order valence-electron chi connectivity index (χ1n) is 6.31. The van der Waals surface area contributed by atoms with Crippen molar-refractivity contribution in [2.24, 2.45) is 5.92 Å². The summed E-state index contributed by atoms with van der Waals surface area (Å²) in [5.41, 5.74) is 0. The normalized spacial score (nSPS) is 12.2. The number of thioether (sulfide) groups is 1. The van der Waals surface area contributed by atoms with Crippen LogP contribution in [0.25, 0.3) is 0 Å². The number of aliphatic carboxylic acids is 1. The highest BCUT2D eigenvalue weighted by atomic mass is 79.9. The molecular formula is C14H18BrNO3S. The number of carbonyl (C=O) groups excluding carboxylic acids is 1. The second kappa shape index (κ2) is 8.32. The van der Waals surface area contributed by atoms with Gasteiger partial charge in [-0.1, -0.05) is 26.0 Å². The van der Waals surface area contributed by atoms with E-state index in [2.05, 4.69) is 21.2 Å². The molecule has 0 saturated carbocycles. The van der Waals surface area contributed by atoms with Crippen molar-refractivity contribution in [2.45, 2.75) is 31.2 Å². The monoisotopic (exact) mass is 359 g/mol. The molecule has 1 aromatic rings. The number of amides is 1. The van der Waals surface area contributed by atoms with E-state index in [1.165, 1.54) is 0 Å². The van der Waals surface area contributed by atoms with Crippen LogP contribution in [0.3, 0.4) is 0 Å². The molecule has 0 heterocycles. The van der Waals surface area contributed by atoms with Crippen LogP contribution in [0.4, 0.5) is 0 Å². The average molecular weight is 360 g/mol. The Bertz CT molecular complexity index is 479. The van der Waals surface area contributed by atoms with E-state index in [4.69, 9.17) is 5.11 Å². The number of benzene rings is 1. The minimum atomic E-state index is -0.994. The number of hydrogen-bond acceptors (Lipinski definition) is 3. The Kier molecular flexibility index (Phi) is 7.09. The highest BCUT2D eigenvalue weighted by Gasteiger charge is 2.22. The second-order valence-corrected chi connectivity index (χ2v) is 6.65. The molecule has 0 aromatic heterocycles. The van der Waals surface area contributed by atoms with Gasteiger partial charge in [-0.05, 0) is 34.0 Å². The summed E-state index contributed by atoms with van der Waals surface area (Å²) in [5, 5.41) is 11.6. The van der Waals surface area contributed by atoms with Crippen LogP contribution >= 0.6 is 27.7 Å². The van der Waals surface area contributed by atoms with E-state index in [0.717, 1.165) is 9.37 Å². The van der Waals surface area contributed by atoms with Gasteiger partial charge in [-0.25, -0.2) is 4.79 Å². The SMILES string of the molecule is CC(C)[C@@H](NC(=O)CCSc1ccccc1Br)C(=O)O. The molecule has 0 aliphatic carbocycles. The fraction of sp³-hybridized carbons (Fsp3) is 0.429. The molecular weight excluding hydrogens is 342 g/mol.